The van der Waals surface area contributed by atoms with Crippen LogP contribution in [0, 0.1) is 5.82 Å². The average molecular weight is 381 g/mol. The molecule has 1 aromatic heterocycles. The van der Waals surface area contributed by atoms with Crippen molar-refractivity contribution >= 4 is 0 Å². The van der Waals surface area contributed by atoms with E-state index in [9.17, 15) is 4.39 Å². The van der Waals surface area contributed by atoms with Crippen LogP contribution in [0.4, 0.5) is 4.39 Å². The maximum absolute atomic E-state index is 13.2. The molecule has 3 heterocycles. The SMILES string of the molecule is Fc1ccc(-c2cnc3n2C[C@H](CNCc2ccc4c(c2)OCO4)OC3)cc1. The Balaban J connectivity index is 1.22. The molecule has 2 aliphatic heterocycles. The zero-order valence-corrected chi connectivity index (χ0v) is 15.2. The van der Waals surface area contributed by atoms with Crippen LogP contribution in [0.2, 0.25) is 0 Å². The minimum atomic E-state index is -0.240. The van der Waals surface area contributed by atoms with E-state index in [0.29, 0.717) is 13.2 Å². The van der Waals surface area contributed by atoms with Gasteiger partial charge in [0.2, 0.25) is 6.79 Å². The molecular weight excluding hydrogens is 361 g/mol. The van der Waals surface area contributed by atoms with Gasteiger partial charge in [0.05, 0.1) is 24.5 Å². The topological polar surface area (TPSA) is 57.5 Å². The summed E-state index contributed by atoms with van der Waals surface area (Å²) in [6.45, 7) is 2.90. The van der Waals surface area contributed by atoms with E-state index < -0.39 is 0 Å². The van der Waals surface area contributed by atoms with Gasteiger partial charge >= 0.3 is 0 Å². The monoisotopic (exact) mass is 381 g/mol. The fourth-order valence-electron chi connectivity index (χ4n) is 3.58. The first-order chi connectivity index (χ1) is 13.8. The molecule has 2 aliphatic rings. The number of ether oxygens (including phenoxy) is 3. The van der Waals surface area contributed by atoms with E-state index in [-0.39, 0.29) is 18.7 Å². The van der Waals surface area contributed by atoms with E-state index in [1.807, 2.05) is 24.4 Å². The Hall–Kier alpha value is -2.90. The van der Waals surface area contributed by atoms with E-state index in [1.165, 1.54) is 12.1 Å². The summed E-state index contributed by atoms with van der Waals surface area (Å²) in [5, 5.41) is 3.45. The number of benzene rings is 2. The zero-order valence-electron chi connectivity index (χ0n) is 15.2. The van der Waals surface area contributed by atoms with Gasteiger partial charge in [-0.25, -0.2) is 9.37 Å². The van der Waals surface area contributed by atoms with Crippen LogP contribution in [0.1, 0.15) is 11.4 Å². The highest BCUT2D eigenvalue weighted by Crippen LogP contribution is 2.32. The Bertz CT molecular complexity index is 987. The second kappa shape index (κ2) is 7.26. The lowest BCUT2D eigenvalue weighted by Gasteiger charge is -2.26. The molecule has 0 saturated heterocycles. The van der Waals surface area contributed by atoms with Gasteiger partial charge < -0.3 is 24.1 Å². The van der Waals surface area contributed by atoms with Crippen LogP contribution >= 0.6 is 0 Å². The van der Waals surface area contributed by atoms with Gasteiger partial charge in [0, 0.05) is 13.1 Å². The third-order valence-corrected chi connectivity index (χ3v) is 5.05. The van der Waals surface area contributed by atoms with Crippen molar-refractivity contribution < 1.29 is 18.6 Å². The quantitative estimate of drug-likeness (QED) is 0.736. The van der Waals surface area contributed by atoms with Gasteiger partial charge in [0.1, 0.15) is 18.2 Å². The molecule has 0 saturated carbocycles. The summed E-state index contributed by atoms with van der Waals surface area (Å²) in [6, 6.07) is 12.5. The molecule has 144 valence electrons. The van der Waals surface area contributed by atoms with Crippen molar-refractivity contribution in [3.05, 3.63) is 65.9 Å². The first kappa shape index (κ1) is 17.2. The lowest BCUT2D eigenvalue weighted by molar-refractivity contribution is 0.00326. The molecule has 0 aliphatic carbocycles. The molecule has 3 aromatic rings. The predicted octanol–water partition coefficient (Wildman–Crippen LogP) is 3.11. The number of rotatable bonds is 5. The molecule has 7 heteroatoms. The standard InChI is InChI=1S/C21H20FN3O3/c22-16-4-2-15(3-5-16)18-10-24-21-12-26-17(11-25(18)21)9-23-8-14-1-6-19-20(7-14)28-13-27-19/h1-7,10,17,23H,8-9,11-13H2/t17-/m0/s1. The van der Waals surface area contributed by atoms with Crippen LogP contribution in [0.5, 0.6) is 11.5 Å². The van der Waals surface area contributed by atoms with Gasteiger partial charge in [-0.2, -0.15) is 0 Å². The summed E-state index contributed by atoms with van der Waals surface area (Å²) >= 11 is 0. The third-order valence-electron chi connectivity index (χ3n) is 5.05. The van der Waals surface area contributed by atoms with E-state index in [2.05, 4.69) is 14.9 Å². The lowest BCUT2D eigenvalue weighted by Crippen LogP contribution is -2.36. The third kappa shape index (κ3) is 3.34. The molecule has 0 radical (unpaired) electrons. The number of nitrogens with zero attached hydrogens (tertiary/aromatic N) is 2. The number of halogens is 1. The van der Waals surface area contributed by atoms with Crippen LogP contribution in [0.25, 0.3) is 11.3 Å². The molecule has 0 amide bonds. The Labute approximate surface area is 161 Å². The van der Waals surface area contributed by atoms with Gasteiger partial charge in [-0.1, -0.05) is 6.07 Å². The fraction of sp³-hybridized carbons (Fsp3) is 0.286. The molecule has 1 atom stereocenters. The van der Waals surface area contributed by atoms with Crippen LogP contribution < -0.4 is 14.8 Å². The number of hydrogen-bond acceptors (Lipinski definition) is 5. The molecule has 6 nitrogen and oxygen atoms in total. The Kier molecular flexibility index (Phi) is 4.46. The summed E-state index contributed by atoms with van der Waals surface area (Å²) < 4.78 is 32.1. The maximum Gasteiger partial charge on any atom is 0.231 e. The largest absolute Gasteiger partial charge is 0.454 e. The first-order valence-electron chi connectivity index (χ1n) is 9.27. The maximum atomic E-state index is 13.2. The van der Waals surface area contributed by atoms with Crippen molar-refractivity contribution in [3.63, 3.8) is 0 Å². The second-order valence-corrected chi connectivity index (χ2v) is 6.93. The first-order valence-corrected chi connectivity index (χ1v) is 9.27. The van der Waals surface area contributed by atoms with E-state index in [1.54, 1.807) is 12.1 Å². The lowest BCUT2D eigenvalue weighted by atomic mass is 10.1. The zero-order chi connectivity index (χ0) is 18.9. The summed E-state index contributed by atoms with van der Waals surface area (Å²) in [4.78, 5) is 4.45. The fourth-order valence-corrected chi connectivity index (χ4v) is 3.58. The summed E-state index contributed by atoms with van der Waals surface area (Å²) in [6.07, 6.45) is 1.86. The molecule has 0 spiro atoms. The Morgan fingerprint density at radius 2 is 1.96 bits per heavy atom. The minimum absolute atomic E-state index is 0.0370. The van der Waals surface area contributed by atoms with Gasteiger partial charge in [0.25, 0.3) is 0 Å². The molecule has 28 heavy (non-hydrogen) atoms. The average Bonchev–Trinajstić information content (AvgIpc) is 3.35. The predicted molar refractivity (Wildman–Crippen MR) is 100 cm³/mol. The van der Waals surface area contributed by atoms with E-state index in [0.717, 1.165) is 47.2 Å². The van der Waals surface area contributed by atoms with Crippen LogP contribution in [-0.4, -0.2) is 29.0 Å². The van der Waals surface area contributed by atoms with Crippen LogP contribution in [0.15, 0.2) is 48.7 Å². The van der Waals surface area contributed by atoms with Crippen LogP contribution in [-0.2, 0) is 24.4 Å². The van der Waals surface area contributed by atoms with Gasteiger partial charge in [-0.15, -0.1) is 0 Å². The second-order valence-electron chi connectivity index (χ2n) is 6.93. The molecular formula is C21H20FN3O3. The van der Waals surface area contributed by atoms with Crippen molar-refractivity contribution in [2.75, 3.05) is 13.3 Å². The van der Waals surface area contributed by atoms with E-state index in [4.69, 9.17) is 14.2 Å². The van der Waals surface area contributed by atoms with Crippen molar-refractivity contribution in [2.24, 2.45) is 0 Å². The normalized spacial score (nSPS) is 17.5. The van der Waals surface area contributed by atoms with E-state index >= 15 is 0 Å². The van der Waals surface area contributed by atoms with Crippen molar-refractivity contribution in [1.29, 1.82) is 0 Å². The van der Waals surface area contributed by atoms with Crippen molar-refractivity contribution in [2.45, 2.75) is 25.8 Å². The molecule has 5 rings (SSSR count). The smallest absolute Gasteiger partial charge is 0.231 e. The number of aromatic nitrogens is 2. The molecule has 2 aromatic carbocycles. The van der Waals surface area contributed by atoms with Crippen molar-refractivity contribution in [1.82, 2.24) is 14.9 Å². The highest BCUT2D eigenvalue weighted by molar-refractivity contribution is 5.59. The molecule has 0 bridgehead atoms. The number of imidazole rings is 1. The Morgan fingerprint density at radius 3 is 2.86 bits per heavy atom. The molecule has 0 unspecified atom stereocenters. The molecule has 1 N–H and O–H groups in total. The highest BCUT2D eigenvalue weighted by atomic mass is 19.1. The summed E-state index contributed by atoms with van der Waals surface area (Å²) in [5.41, 5.74) is 3.07. The van der Waals surface area contributed by atoms with Gasteiger partial charge in [0.15, 0.2) is 11.5 Å². The summed E-state index contributed by atoms with van der Waals surface area (Å²) in [7, 11) is 0. The number of nitrogens with one attached hydrogen (secondary N) is 1. The highest BCUT2D eigenvalue weighted by Gasteiger charge is 2.22. The van der Waals surface area contributed by atoms with Crippen molar-refractivity contribution in [3.8, 4) is 22.8 Å². The minimum Gasteiger partial charge on any atom is -0.454 e. The van der Waals surface area contributed by atoms with Crippen LogP contribution in [0.3, 0.4) is 0 Å². The Morgan fingerprint density at radius 1 is 1.11 bits per heavy atom. The number of fused-ring (bicyclic) bond motifs is 2. The number of hydrogen-bond donors (Lipinski definition) is 1. The summed E-state index contributed by atoms with van der Waals surface area (Å²) in [5.74, 6) is 2.24. The van der Waals surface area contributed by atoms with Gasteiger partial charge in [-0.3, -0.25) is 0 Å². The van der Waals surface area contributed by atoms with Gasteiger partial charge in [-0.05, 0) is 47.5 Å². The molecule has 0 fully saturated rings.